The number of hydrogen-bond donors (Lipinski definition) is 0. The molecule has 0 saturated carbocycles. The third kappa shape index (κ3) is 3.83. The molecule has 4 aromatic carbocycles. The van der Waals surface area contributed by atoms with Gasteiger partial charge in [0.15, 0.2) is 0 Å². The van der Waals surface area contributed by atoms with E-state index in [1.165, 1.54) is 11.1 Å². The van der Waals surface area contributed by atoms with E-state index in [2.05, 4.69) is 77.0 Å². The van der Waals surface area contributed by atoms with Gasteiger partial charge in [-0.2, -0.15) is 0 Å². The van der Waals surface area contributed by atoms with Crippen molar-refractivity contribution in [3.63, 3.8) is 0 Å². The summed E-state index contributed by atoms with van der Waals surface area (Å²) in [4.78, 5) is 0. The van der Waals surface area contributed by atoms with Crippen LogP contribution in [0.5, 0.6) is 11.5 Å². The van der Waals surface area contributed by atoms with Gasteiger partial charge in [-0.3, -0.25) is 0 Å². The van der Waals surface area contributed by atoms with Crippen molar-refractivity contribution >= 4 is 0 Å². The summed E-state index contributed by atoms with van der Waals surface area (Å²) in [7, 11) is 0. The van der Waals surface area contributed by atoms with Crippen LogP contribution in [0.2, 0.25) is 0 Å². The van der Waals surface area contributed by atoms with Crippen LogP contribution >= 0.6 is 0 Å². The van der Waals surface area contributed by atoms with Crippen LogP contribution in [0.1, 0.15) is 5.56 Å². The summed E-state index contributed by atoms with van der Waals surface area (Å²) in [6.45, 7) is 0. The first-order valence-electron chi connectivity index (χ1n) is 8.94. The summed E-state index contributed by atoms with van der Waals surface area (Å²) >= 11 is 3.14. The van der Waals surface area contributed by atoms with E-state index in [-0.39, 0.29) is 0 Å². The van der Waals surface area contributed by atoms with Gasteiger partial charge in [0, 0.05) is 0 Å². The number of hydrogen-bond acceptors (Lipinski definition) is 1. The quantitative estimate of drug-likeness (QED) is 0.363. The van der Waals surface area contributed by atoms with Crippen LogP contribution in [0.15, 0.2) is 103 Å². The molecule has 0 fully saturated rings. The Hall–Kier alpha value is -2.79. The van der Waals surface area contributed by atoms with E-state index in [0.717, 1.165) is 33.5 Å². The van der Waals surface area contributed by atoms with Gasteiger partial charge in [0.25, 0.3) is 0 Å². The Morgan fingerprint density at radius 1 is 0.593 bits per heavy atom. The zero-order valence-corrected chi connectivity index (χ0v) is 16.1. The Morgan fingerprint density at radius 3 is 1.74 bits per heavy atom. The second-order valence-corrected chi connectivity index (χ2v) is 6.72. The molecular formula is C25H19CrO. The van der Waals surface area contributed by atoms with E-state index in [0.29, 0.717) is 0 Å². The van der Waals surface area contributed by atoms with Gasteiger partial charge < -0.3 is 0 Å². The number of benzene rings is 4. The fourth-order valence-corrected chi connectivity index (χ4v) is 3.57. The zero-order valence-electron chi connectivity index (χ0n) is 14.8. The first-order chi connectivity index (χ1) is 13.4. The zero-order chi connectivity index (χ0) is 18.5. The summed E-state index contributed by atoms with van der Waals surface area (Å²) in [6.07, 6.45) is 0. The first kappa shape index (κ1) is 17.6. The minimum absolute atomic E-state index is 0.789. The molecule has 0 amide bonds. The van der Waals surface area contributed by atoms with Crippen molar-refractivity contribution in [3.8, 4) is 33.8 Å². The Kier molecular flexibility index (Phi) is 5.40. The second kappa shape index (κ2) is 8.27. The monoisotopic (exact) mass is 387 g/mol. The van der Waals surface area contributed by atoms with Gasteiger partial charge in [-0.15, -0.1) is 0 Å². The van der Waals surface area contributed by atoms with E-state index in [9.17, 15) is 0 Å². The fourth-order valence-electron chi connectivity index (χ4n) is 3.21. The van der Waals surface area contributed by atoms with Crippen LogP contribution in [0.4, 0.5) is 0 Å². The molecule has 0 N–H and O–H groups in total. The number of rotatable bonds is 5. The van der Waals surface area contributed by atoms with Crippen LogP contribution < -0.4 is 4.74 Å². The Bertz CT molecular complexity index is 1010. The van der Waals surface area contributed by atoms with Crippen molar-refractivity contribution in [3.05, 3.63) is 109 Å². The summed E-state index contributed by atoms with van der Waals surface area (Å²) in [5.74, 6) is 1.75. The van der Waals surface area contributed by atoms with E-state index in [4.69, 9.17) is 4.74 Å². The Morgan fingerprint density at radius 2 is 1.15 bits per heavy atom. The molecule has 0 aliphatic rings. The van der Waals surface area contributed by atoms with Gasteiger partial charge >= 0.3 is 169 Å². The Labute approximate surface area is 168 Å². The predicted octanol–water partition coefficient (Wildman–Crippen LogP) is 6.86. The Balaban J connectivity index is 1.97. The molecule has 0 aliphatic carbocycles. The molecule has 2 heteroatoms. The van der Waals surface area contributed by atoms with Crippen molar-refractivity contribution in [1.82, 2.24) is 0 Å². The third-order valence-electron chi connectivity index (χ3n) is 4.51. The van der Waals surface area contributed by atoms with Crippen molar-refractivity contribution in [2.75, 3.05) is 0 Å². The first-order valence-corrected chi connectivity index (χ1v) is 9.84. The van der Waals surface area contributed by atoms with Gasteiger partial charge in [-0.05, 0) is 0 Å². The average Bonchev–Trinajstić information content (AvgIpc) is 2.75. The molecule has 4 rings (SSSR count). The van der Waals surface area contributed by atoms with Crippen LogP contribution in [0.25, 0.3) is 22.3 Å². The van der Waals surface area contributed by atoms with Crippen molar-refractivity contribution in [2.45, 2.75) is 5.28 Å². The molecule has 0 heterocycles. The molecule has 1 nitrogen and oxygen atoms in total. The summed E-state index contributed by atoms with van der Waals surface area (Å²) < 4.78 is 6.43. The fraction of sp³-hybridized carbons (Fsp3) is 0.0400. The summed E-state index contributed by atoms with van der Waals surface area (Å²) in [6, 6.07) is 35.3. The van der Waals surface area contributed by atoms with Gasteiger partial charge in [-0.25, -0.2) is 0 Å². The molecule has 27 heavy (non-hydrogen) atoms. The molecule has 0 aliphatic heterocycles. The van der Waals surface area contributed by atoms with Crippen LogP contribution in [-0.2, 0) is 21.6 Å². The maximum absolute atomic E-state index is 6.43. The summed E-state index contributed by atoms with van der Waals surface area (Å²) in [5, 5.41) is 0.789. The van der Waals surface area contributed by atoms with Crippen molar-refractivity contribution < 1.29 is 21.0 Å². The maximum atomic E-state index is 6.43. The topological polar surface area (TPSA) is 9.23 Å². The molecule has 0 saturated heterocycles. The van der Waals surface area contributed by atoms with E-state index < -0.39 is 0 Å². The van der Waals surface area contributed by atoms with Crippen LogP contribution in [-0.4, -0.2) is 0 Å². The van der Waals surface area contributed by atoms with E-state index in [1.54, 1.807) is 0 Å². The molecule has 0 aromatic heterocycles. The minimum atomic E-state index is 0.789. The van der Waals surface area contributed by atoms with E-state index >= 15 is 0 Å². The molecule has 0 atom stereocenters. The molecule has 0 radical (unpaired) electrons. The van der Waals surface area contributed by atoms with Gasteiger partial charge in [0.1, 0.15) is 0 Å². The molecule has 0 bridgehead atoms. The van der Waals surface area contributed by atoms with Crippen molar-refractivity contribution in [1.29, 1.82) is 0 Å². The van der Waals surface area contributed by atoms with Gasteiger partial charge in [0.2, 0.25) is 0 Å². The van der Waals surface area contributed by atoms with Crippen LogP contribution in [0, 0.1) is 0 Å². The number of ether oxygens (including phenoxy) is 1. The normalized spacial score (nSPS) is 10.5. The van der Waals surface area contributed by atoms with Crippen LogP contribution in [0.3, 0.4) is 0 Å². The molecule has 131 valence electrons. The second-order valence-electron chi connectivity index (χ2n) is 6.27. The molecule has 0 spiro atoms. The van der Waals surface area contributed by atoms with E-state index in [1.807, 2.05) is 42.5 Å². The predicted molar refractivity (Wildman–Crippen MR) is 108 cm³/mol. The molecular weight excluding hydrogens is 368 g/mol. The SMILES string of the molecule is [Cr][CH2]c1ccc(-c2ccccc2)c(-c2ccccc2)c1Oc1ccccc1. The summed E-state index contributed by atoms with van der Waals surface area (Å²) in [5.41, 5.74) is 5.78. The standard InChI is InChI=1S/C25H19O.Cr/c1-19-17-18-23(20-11-5-2-6-12-20)24(21-13-7-3-8-14-21)25(19)26-22-15-9-4-10-16-22;/h2-18H,1H2;. The van der Waals surface area contributed by atoms with Gasteiger partial charge in [0.05, 0.1) is 0 Å². The number of para-hydroxylation sites is 1. The average molecular weight is 387 g/mol. The van der Waals surface area contributed by atoms with Gasteiger partial charge in [-0.1, -0.05) is 0 Å². The van der Waals surface area contributed by atoms with Crippen molar-refractivity contribution in [2.24, 2.45) is 0 Å². The molecule has 4 aromatic rings. The molecule has 0 unspecified atom stereocenters. The third-order valence-corrected chi connectivity index (χ3v) is 4.99.